The van der Waals surface area contributed by atoms with Crippen LogP contribution in [-0.2, 0) is 19.1 Å². The van der Waals surface area contributed by atoms with Gasteiger partial charge in [0.15, 0.2) is 64.0 Å². The van der Waals surface area contributed by atoms with Crippen LogP contribution in [0.15, 0.2) is 65.7 Å². The zero-order valence-electron chi connectivity index (χ0n) is 65.5. The molecule has 0 aliphatic carbocycles. The van der Waals surface area contributed by atoms with Gasteiger partial charge in [-0.05, 0) is 188 Å². The van der Waals surface area contributed by atoms with Crippen LogP contribution in [0.5, 0.6) is 0 Å². The molecule has 15 nitrogen and oxygen atoms in total. The van der Waals surface area contributed by atoms with E-state index in [4.69, 9.17) is 88.8 Å². The van der Waals surface area contributed by atoms with Gasteiger partial charge in [-0.2, -0.15) is 0 Å². The maximum atomic E-state index is 13.6. The van der Waals surface area contributed by atoms with Crippen LogP contribution in [0.25, 0.3) is 4.65 Å². The SMILES string of the molecule is CC1CC(C(=O)c2cc(F)c(F)c(Cl)c2)C(=O)N(C(=O)OC(C)(C)C)C1.CC1CCC(=O)N(C(=O)OC(C)(C)C)C1.CC1CCC(c2cc(F)c(F)c(Cl)c2)=NC1.C[C@@H]1CC[C@@H](c2cc(F)c(F)c(Cl)c2)NC1.C[Si](C)(C)[N-][Si](C)(C)C.Cl.O=C(Cl)c1cc(F)c(F)c(Cl)c1.O=C(O)c1cc(F)c(F)c(Cl)c1.[B].[H-].[Na+].[Na+]. The van der Waals surface area contributed by atoms with Gasteiger partial charge in [0.2, 0.25) is 11.8 Å². The maximum Gasteiger partial charge on any atom is 1.00 e. The molecule has 5 aromatic rings. The van der Waals surface area contributed by atoms with Crippen molar-refractivity contribution in [2.24, 2.45) is 34.6 Å². The van der Waals surface area contributed by atoms with Gasteiger partial charge in [-0.1, -0.05) is 141 Å². The number of carboxylic acid groups (broad SMARTS) is 1. The fourth-order valence-corrected chi connectivity index (χ4v) is 19.7. The Labute approximate surface area is 722 Å². The van der Waals surface area contributed by atoms with Crippen LogP contribution in [-0.4, -0.2) is 124 Å². The molecular formula is C73H90BCl7F10N5Na2O10Si2. The van der Waals surface area contributed by atoms with Crippen LogP contribution >= 0.6 is 82.0 Å². The van der Waals surface area contributed by atoms with Crippen LogP contribution in [0.2, 0.25) is 64.4 Å². The molecule has 3 fully saturated rings. The predicted molar refractivity (Wildman–Crippen MR) is 413 cm³/mol. The molecule has 3 saturated heterocycles. The van der Waals surface area contributed by atoms with Gasteiger partial charge in [0.05, 0.1) is 30.7 Å². The molecule has 37 heteroatoms. The summed E-state index contributed by atoms with van der Waals surface area (Å²) in [4.78, 5) is 88.0. The predicted octanol–water partition coefficient (Wildman–Crippen LogP) is 16.4. The molecule has 3 radical (unpaired) electrons. The first-order chi connectivity index (χ1) is 48.6. The molecule has 4 heterocycles. The summed E-state index contributed by atoms with van der Waals surface area (Å²) < 4.78 is 144. The molecule has 5 aromatic carbocycles. The smallest absolute Gasteiger partial charge is 1.00 e. The van der Waals surface area contributed by atoms with Crippen molar-refractivity contribution >= 4 is 154 Å². The Kier molecular flexibility index (Phi) is 47.3. The summed E-state index contributed by atoms with van der Waals surface area (Å²) in [5, 5.41) is 8.94. The third-order valence-electron chi connectivity index (χ3n) is 15.1. The molecule has 0 saturated carbocycles. The van der Waals surface area contributed by atoms with E-state index in [9.17, 15) is 77.5 Å². The van der Waals surface area contributed by atoms with Crippen LogP contribution in [0.4, 0.5) is 53.5 Å². The summed E-state index contributed by atoms with van der Waals surface area (Å²) in [6, 6.07) is 10.2. The molecule has 6 atom stereocenters. The number of benzene rings is 5. The van der Waals surface area contributed by atoms with Crippen molar-refractivity contribution in [1.82, 2.24) is 15.1 Å². The van der Waals surface area contributed by atoms with Gasteiger partial charge in [-0.15, -0.1) is 12.4 Å². The van der Waals surface area contributed by atoms with E-state index in [0.29, 0.717) is 54.5 Å². The molecule has 110 heavy (non-hydrogen) atoms. The molecule has 4 aliphatic rings. The molecule has 4 unspecified atom stereocenters. The summed E-state index contributed by atoms with van der Waals surface area (Å²) in [6.07, 6.45) is 3.98. The van der Waals surface area contributed by atoms with E-state index in [1.165, 1.54) is 23.1 Å². The molecule has 0 aromatic heterocycles. The number of halogens is 17. The van der Waals surface area contributed by atoms with Crippen molar-refractivity contribution in [3.05, 3.63) is 176 Å². The second-order valence-corrected chi connectivity index (χ2v) is 41.7. The summed E-state index contributed by atoms with van der Waals surface area (Å²) in [5.74, 6) is -13.8. The third kappa shape index (κ3) is 37.0. The van der Waals surface area contributed by atoms with Gasteiger partial charge in [-0.3, -0.25) is 24.2 Å². The monoisotopic (exact) mass is 1740 g/mol. The molecule has 0 spiro atoms. The van der Waals surface area contributed by atoms with Crippen LogP contribution in [0.3, 0.4) is 0 Å². The molecular weight excluding hydrogens is 1660 g/mol. The van der Waals surface area contributed by atoms with E-state index >= 15 is 0 Å². The van der Waals surface area contributed by atoms with E-state index in [-0.39, 0.29) is 139 Å². The Morgan fingerprint density at radius 1 is 0.545 bits per heavy atom. The quantitative estimate of drug-likeness (QED) is 0.0374. The first-order valence-electron chi connectivity index (χ1n) is 33.4. The van der Waals surface area contributed by atoms with Gasteiger partial charge in [0.25, 0.3) is 5.24 Å². The molecule has 2 N–H and O–H groups in total. The van der Waals surface area contributed by atoms with E-state index in [2.05, 4.69) is 63.4 Å². The molecule has 0 bridgehead atoms. The van der Waals surface area contributed by atoms with Gasteiger partial charge in [0.1, 0.15) is 17.1 Å². The fraction of sp³-hybridized carbons (Fsp3) is 0.479. The second kappa shape index (κ2) is 48.0. The van der Waals surface area contributed by atoms with Crippen molar-refractivity contribution in [1.29, 1.82) is 0 Å². The van der Waals surface area contributed by atoms with Gasteiger partial charge in [-0.25, -0.2) is 68.1 Å². The van der Waals surface area contributed by atoms with E-state index in [1.807, 2.05) is 6.92 Å². The molecule has 599 valence electrons. The number of aromatic carboxylic acids is 1. The number of hydrogen-bond donors (Lipinski definition) is 2. The number of carboxylic acids is 1. The van der Waals surface area contributed by atoms with Crippen molar-refractivity contribution in [3.63, 3.8) is 0 Å². The van der Waals surface area contributed by atoms with Gasteiger partial charge < -0.3 is 26.0 Å². The number of carbonyl (C=O) groups excluding carboxylic acids is 6. The summed E-state index contributed by atoms with van der Waals surface area (Å²) in [6.45, 7) is 34.5. The molecule has 4 amide bonds. The van der Waals surface area contributed by atoms with Crippen molar-refractivity contribution in [3.8, 4) is 0 Å². The molecule has 9 rings (SSSR count). The number of likely N-dealkylation sites (tertiary alicyclic amines) is 2. The van der Waals surface area contributed by atoms with E-state index in [1.54, 1.807) is 48.5 Å². The minimum atomic E-state index is -1.35. The van der Waals surface area contributed by atoms with Crippen LogP contribution in [0, 0.1) is 87.8 Å². The van der Waals surface area contributed by atoms with E-state index < -0.39 is 142 Å². The maximum absolute atomic E-state index is 13.6. The van der Waals surface area contributed by atoms with Crippen LogP contribution in [0.1, 0.15) is 164 Å². The summed E-state index contributed by atoms with van der Waals surface area (Å²) >= 11 is 32.2. The zero-order chi connectivity index (χ0) is 81.2. The van der Waals surface area contributed by atoms with Crippen molar-refractivity contribution in [2.45, 2.75) is 171 Å². The summed E-state index contributed by atoms with van der Waals surface area (Å²) in [5.41, 5.74) is 0.0406. The number of carbonyl (C=O) groups is 7. The number of ether oxygens (including phenoxy) is 2. The average molecular weight is 1750 g/mol. The Hall–Kier alpha value is -3.79. The number of nitrogens with zero attached hydrogens (tertiary/aromatic N) is 4. The van der Waals surface area contributed by atoms with Crippen LogP contribution < -0.4 is 64.4 Å². The van der Waals surface area contributed by atoms with Crippen molar-refractivity contribution in [2.75, 3.05) is 26.2 Å². The van der Waals surface area contributed by atoms with Gasteiger partial charge >= 0.3 is 77.3 Å². The number of aliphatic imine (C=N–C) groups is 1. The van der Waals surface area contributed by atoms with Crippen molar-refractivity contribution < 1.29 is 153 Å². The average Bonchev–Trinajstić information content (AvgIpc) is 0.790. The summed E-state index contributed by atoms with van der Waals surface area (Å²) in [7, 11) is -2.21. The number of ketones is 1. The largest absolute Gasteiger partial charge is 1.00 e. The Balaban J connectivity index is -0.00000124. The minimum Gasteiger partial charge on any atom is -1.00 e. The first-order valence-corrected chi connectivity index (χ1v) is 42.5. The Morgan fingerprint density at radius 2 is 0.945 bits per heavy atom. The number of amides is 4. The normalized spacial score (nSPS) is 18.1. The fourth-order valence-electron chi connectivity index (χ4n) is 10.5. The van der Waals surface area contributed by atoms with Gasteiger partial charge in [0, 0.05) is 62.9 Å². The zero-order valence-corrected chi connectivity index (χ0v) is 75.8. The second-order valence-electron chi connectivity index (χ2n) is 29.7. The number of hydrogen-bond acceptors (Lipinski definition) is 11. The number of piperidine rings is 3. The standard InChI is InChI=1S/C18H20ClF2NO4.C12H14ClF2N.C12H12ClF2N.C11H19NO3.C7H2Cl2F2O.C7H3ClF2O2.C6H18NSi2.B.ClH.2Na.H/c1-9-5-11(15(23)10-6-12(19)14(21)13(20)7-10)16(24)22(8-9)17(25)26-18(2,3)4;2*1-7-2-3-11(16-6-7)8-4-9(13)12(15)10(14)5-8;1-8-5-6-9(13)12(7-8)10(14)15-11(2,3)4;8-4-1-3(7(9)12)2-5(10)6(4)11;8-4-1-3(7(11)12)2-5(9)6(4)10;1-8(2,3)7-9(4,5)6;;;;;/h6-7,9,11H,5,8H2,1-4H3;4-5,7,11,16H,2-3,6H2,1H3;4-5,7H,2-3,6H2,1H3;8H,5-7H2,1-4H3;1-2H;1-2H,(H,11,12);1-6H3;;1H;;;/q;;;;;;-1;;;2*+1;-1/t;7-,11+;;;;;;;;;;/m.1........../s1. The number of nitrogens with one attached hydrogen (secondary N) is 1. The molecule has 4 aliphatic heterocycles. The Bertz CT molecular complexity index is 3840. The first kappa shape index (κ1) is 108. The number of rotatable bonds is 8. The number of Topliss-reactive ketones (excluding diaryl/α,β-unsaturated/α-hetero) is 1. The third-order valence-corrected chi connectivity index (χ3v) is 22.1. The minimum absolute atomic E-state index is 0. The number of imide groups is 2. The topological polar surface area (TPSA) is 203 Å². The van der Waals surface area contributed by atoms with E-state index in [0.717, 1.165) is 85.6 Å². The Morgan fingerprint density at radius 3 is 1.34 bits per heavy atom.